The fraction of sp³-hybridized carbons (Fsp3) is 0.619. The topological polar surface area (TPSA) is 76.0 Å². The van der Waals surface area contributed by atoms with Crippen molar-refractivity contribution in [2.45, 2.75) is 56.4 Å². The standard InChI is InChI=1S/C21H28N2O4S2/c1-27-18-9-5-4-8-16(18)12-23-17-13-29(25,26)14-19(17)28-21(23)22-20(24)11-10-15-6-2-3-7-15/h4-5,8-9,15,17,19H,2-3,6-7,10-14H2,1H3/t17-,19-/m0/s1. The Balaban J connectivity index is 1.52. The summed E-state index contributed by atoms with van der Waals surface area (Å²) in [5.74, 6) is 1.60. The molecule has 4 rings (SSSR count). The number of carbonyl (C=O) groups excluding carboxylic acids is 1. The van der Waals surface area contributed by atoms with E-state index in [0.717, 1.165) is 17.7 Å². The average molecular weight is 437 g/mol. The Morgan fingerprint density at radius 1 is 1.24 bits per heavy atom. The summed E-state index contributed by atoms with van der Waals surface area (Å²) in [6.45, 7) is 0.489. The van der Waals surface area contributed by atoms with Crippen molar-refractivity contribution in [2.75, 3.05) is 18.6 Å². The molecule has 8 heteroatoms. The molecule has 1 aromatic rings. The van der Waals surface area contributed by atoms with Gasteiger partial charge < -0.3 is 9.64 Å². The predicted molar refractivity (Wildman–Crippen MR) is 116 cm³/mol. The smallest absolute Gasteiger partial charge is 0.248 e. The number of methoxy groups -OCH3 is 1. The lowest BCUT2D eigenvalue weighted by Crippen LogP contribution is -2.37. The lowest BCUT2D eigenvalue weighted by molar-refractivity contribution is -0.118. The van der Waals surface area contributed by atoms with E-state index in [0.29, 0.717) is 24.1 Å². The lowest BCUT2D eigenvalue weighted by atomic mass is 10.0. The van der Waals surface area contributed by atoms with Crippen molar-refractivity contribution in [3.05, 3.63) is 29.8 Å². The normalized spacial score (nSPS) is 27.5. The van der Waals surface area contributed by atoms with Crippen molar-refractivity contribution in [3.8, 4) is 5.75 Å². The van der Waals surface area contributed by atoms with E-state index in [1.54, 1.807) is 7.11 Å². The van der Waals surface area contributed by atoms with Gasteiger partial charge in [0, 0.05) is 23.8 Å². The quantitative estimate of drug-likeness (QED) is 0.681. The largest absolute Gasteiger partial charge is 0.496 e. The van der Waals surface area contributed by atoms with Crippen molar-refractivity contribution in [2.24, 2.45) is 10.9 Å². The summed E-state index contributed by atoms with van der Waals surface area (Å²) < 4.78 is 29.8. The number of amidine groups is 1. The van der Waals surface area contributed by atoms with Gasteiger partial charge in [0.15, 0.2) is 15.0 Å². The molecule has 3 fully saturated rings. The van der Waals surface area contributed by atoms with Crippen LogP contribution in [0.25, 0.3) is 0 Å². The number of ether oxygens (including phenoxy) is 1. The third-order valence-electron chi connectivity index (χ3n) is 6.17. The first-order chi connectivity index (χ1) is 13.9. The Labute approximate surface area is 177 Å². The van der Waals surface area contributed by atoms with Gasteiger partial charge in [-0.3, -0.25) is 4.79 Å². The number of rotatable bonds is 6. The third kappa shape index (κ3) is 4.79. The highest BCUT2D eigenvalue weighted by Crippen LogP contribution is 2.40. The number of para-hydroxylation sites is 1. The summed E-state index contributed by atoms with van der Waals surface area (Å²) in [5, 5.41) is 0.605. The molecule has 0 spiro atoms. The van der Waals surface area contributed by atoms with E-state index in [-0.39, 0.29) is 28.7 Å². The summed E-state index contributed by atoms with van der Waals surface area (Å²) >= 11 is 1.45. The number of aliphatic imine (C=N–C) groups is 1. The lowest BCUT2D eigenvalue weighted by Gasteiger charge is -2.25. The van der Waals surface area contributed by atoms with Crippen LogP contribution in [-0.2, 0) is 21.2 Å². The number of sulfone groups is 1. The van der Waals surface area contributed by atoms with E-state index in [4.69, 9.17) is 4.74 Å². The minimum atomic E-state index is -3.05. The summed E-state index contributed by atoms with van der Waals surface area (Å²) in [5.41, 5.74) is 0.964. The highest BCUT2D eigenvalue weighted by molar-refractivity contribution is 8.15. The van der Waals surface area contributed by atoms with E-state index in [9.17, 15) is 13.2 Å². The Morgan fingerprint density at radius 2 is 2.00 bits per heavy atom. The minimum Gasteiger partial charge on any atom is -0.496 e. The van der Waals surface area contributed by atoms with Crippen LogP contribution < -0.4 is 4.74 Å². The van der Waals surface area contributed by atoms with Gasteiger partial charge in [-0.25, -0.2) is 8.42 Å². The van der Waals surface area contributed by atoms with Crippen LogP contribution in [0.15, 0.2) is 29.3 Å². The van der Waals surface area contributed by atoms with Crippen LogP contribution in [0, 0.1) is 5.92 Å². The van der Waals surface area contributed by atoms with E-state index in [1.807, 2.05) is 29.2 Å². The van der Waals surface area contributed by atoms with E-state index < -0.39 is 9.84 Å². The maximum absolute atomic E-state index is 12.6. The van der Waals surface area contributed by atoms with Crippen LogP contribution in [0.1, 0.15) is 44.1 Å². The number of hydrogen-bond acceptors (Lipinski definition) is 5. The zero-order valence-corrected chi connectivity index (χ0v) is 18.4. The molecule has 158 valence electrons. The number of benzene rings is 1. The molecule has 1 aromatic carbocycles. The molecule has 1 amide bonds. The highest BCUT2D eigenvalue weighted by Gasteiger charge is 2.48. The molecule has 2 aliphatic heterocycles. The molecule has 0 bridgehead atoms. The monoisotopic (exact) mass is 436 g/mol. The zero-order valence-electron chi connectivity index (χ0n) is 16.7. The van der Waals surface area contributed by atoms with E-state index in [1.165, 1.54) is 37.4 Å². The molecule has 0 N–H and O–H groups in total. The van der Waals surface area contributed by atoms with E-state index in [2.05, 4.69) is 4.99 Å². The predicted octanol–water partition coefficient (Wildman–Crippen LogP) is 3.26. The first kappa shape index (κ1) is 20.7. The van der Waals surface area contributed by atoms with Crippen LogP contribution in [0.2, 0.25) is 0 Å². The summed E-state index contributed by atoms with van der Waals surface area (Å²) in [6.07, 6.45) is 6.38. The van der Waals surface area contributed by atoms with E-state index >= 15 is 0 Å². The first-order valence-corrected chi connectivity index (χ1v) is 13.0. The van der Waals surface area contributed by atoms with Crippen molar-refractivity contribution in [1.82, 2.24) is 4.90 Å². The molecular weight excluding hydrogens is 408 g/mol. The molecule has 29 heavy (non-hydrogen) atoms. The van der Waals surface area contributed by atoms with Crippen LogP contribution in [0.4, 0.5) is 0 Å². The molecule has 0 unspecified atom stereocenters. The van der Waals surface area contributed by atoms with Crippen molar-refractivity contribution in [3.63, 3.8) is 0 Å². The van der Waals surface area contributed by atoms with Gasteiger partial charge in [0.1, 0.15) is 5.75 Å². The third-order valence-corrected chi connectivity index (χ3v) is 9.42. The summed E-state index contributed by atoms with van der Waals surface area (Å²) in [7, 11) is -1.43. The van der Waals surface area contributed by atoms with Crippen LogP contribution in [0.3, 0.4) is 0 Å². The molecule has 1 saturated carbocycles. The highest BCUT2D eigenvalue weighted by atomic mass is 32.2. The summed E-state index contributed by atoms with van der Waals surface area (Å²) in [6, 6.07) is 7.57. The second-order valence-corrected chi connectivity index (χ2v) is 11.6. The molecule has 0 radical (unpaired) electrons. The van der Waals surface area contributed by atoms with Crippen molar-refractivity contribution < 1.29 is 17.9 Å². The maximum atomic E-state index is 12.6. The molecule has 0 aromatic heterocycles. The molecule has 6 nitrogen and oxygen atoms in total. The first-order valence-electron chi connectivity index (χ1n) is 10.3. The van der Waals surface area contributed by atoms with Crippen LogP contribution in [0.5, 0.6) is 5.75 Å². The number of thioether (sulfide) groups is 1. The fourth-order valence-electron chi connectivity index (χ4n) is 4.63. The minimum absolute atomic E-state index is 0.0592. The Kier molecular flexibility index (Phi) is 6.20. The Bertz CT molecular complexity index is 894. The number of amides is 1. The van der Waals surface area contributed by atoms with Gasteiger partial charge in [-0.05, 0) is 18.4 Å². The molecular formula is C21H28N2O4S2. The Hall–Kier alpha value is -1.54. The molecule has 2 atom stereocenters. The van der Waals surface area contributed by atoms with Gasteiger partial charge in [-0.15, -0.1) is 0 Å². The summed E-state index contributed by atoms with van der Waals surface area (Å²) in [4.78, 5) is 19.0. The second-order valence-electron chi connectivity index (χ2n) is 8.22. The van der Waals surface area contributed by atoms with Crippen molar-refractivity contribution in [1.29, 1.82) is 0 Å². The second kappa shape index (κ2) is 8.68. The molecule has 3 aliphatic rings. The molecule has 1 aliphatic carbocycles. The van der Waals surface area contributed by atoms with Gasteiger partial charge in [0.2, 0.25) is 5.91 Å². The van der Waals surface area contributed by atoms with Crippen LogP contribution in [-0.4, -0.2) is 54.3 Å². The SMILES string of the molecule is COc1ccccc1CN1C(=NC(=O)CCC2CCCC2)S[C@H]2CS(=O)(=O)C[C@@H]21. The fourth-order valence-corrected chi connectivity index (χ4v) is 8.60. The van der Waals surface area contributed by atoms with Gasteiger partial charge >= 0.3 is 0 Å². The van der Waals surface area contributed by atoms with Gasteiger partial charge in [0.25, 0.3) is 0 Å². The number of nitrogens with zero attached hydrogens (tertiary/aromatic N) is 2. The number of carbonyl (C=O) groups is 1. The number of fused-ring (bicyclic) bond motifs is 1. The molecule has 2 heterocycles. The average Bonchev–Trinajstić information content (AvgIpc) is 3.37. The van der Waals surface area contributed by atoms with Crippen LogP contribution >= 0.6 is 11.8 Å². The Morgan fingerprint density at radius 3 is 2.76 bits per heavy atom. The van der Waals surface area contributed by atoms with Crippen molar-refractivity contribution >= 4 is 32.7 Å². The maximum Gasteiger partial charge on any atom is 0.248 e. The van der Waals surface area contributed by atoms with Gasteiger partial charge in [-0.1, -0.05) is 55.6 Å². The number of hydrogen-bond donors (Lipinski definition) is 0. The van der Waals surface area contributed by atoms with Gasteiger partial charge in [0.05, 0.1) is 24.7 Å². The zero-order chi connectivity index (χ0) is 20.4. The molecule has 2 saturated heterocycles. The van der Waals surface area contributed by atoms with Gasteiger partial charge in [-0.2, -0.15) is 4.99 Å².